The van der Waals surface area contributed by atoms with Gasteiger partial charge in [-0.15, -0.1) is 0 Å². The number of aliphatic imine (C=N–C) groups is 1. The SMILES string of the molecule is CC(=O)NC(CO)C(=O)NC(C(=O)NC(C(=O)NC(C(=O)NC(CCCN=C(N)N)C(=O)NC(C(=O)O)C(C)O)C(C)C)C(C)C)C(C)C.CC(=O)O. The van der Waals surface area contributed by atoms with E-state index in [-0.39, 0.29) is 25.3 Å². The molecule has 7 unspecified atom stereocenters. The molecule has 7 atom stereocenters. The van der Waals surface area contributed by atoms with Gasteiger partial charge < -0.3 is 63.8 Å². The molecule has 0 aromatic heterocycles. The highest BCUT2D eigenvalue weighted by atomic mass is 16.4. The van der Waals surface area contributed by atoms with Crippen molar-refractivity contribution in [2.45, 2.75) is 118 Å². The Kier molecular flexibility index (Phi) is 23.6. The van der Waals surface area contributed by atoms with Crippen LogP contribution in [0, 0.1) is 17.8 Å². The first-order chi connectivity index (χ1) is 24.4. The first-order valence-electron chi connectivity index (χ1n) is 16.9. The number of amides is 6. The van der Waals surface area contributed by atoms with Crippen molar-refractivity contribution in [1.29, 1.82) is 0 Å². The van der Waals surface area contributed by atoms with Crippen molar-refractivity contribution in [1.82, 2.24) is 31.9 Å². The van der Waals surface area contributed by atoms with Crippen molar-refractivity contribution < 1.29 is 58.8 Å². The topological polar surface area (TPSA) is 354 Å². The summed E-state index contributed by atoms with van der Waals surface area (Å²) in [4.78, 5) is 102. The van der Waals surface area contributed by atoms with Crippen LogP contribution in [0.3, 0.4) is 0 Å². The number of carbonyl (C=O) groups excluding carboxylic acids is 6. The number of aliphatic hydroxyl groups excluding tert-OH is 2. The van der Waals surface area contributed by atoms with Crippen LogP contribution in [0.2, 0.25) is 0 Å². The van der Waals surface area contributed by atoms with Crippen molar-refractivity contribution >= 4 is 53.3 Å². The van der Waals surface area contributed by atoms with Gasteiger partial charge in [-0.25, -0.2) is 4.79 Å². The lowest BCUT2D eigenvalue weighted by molar-refractivity contribution is -0.145. The fraction of sp³-hybridized carbons (Fsp3) is 0.719. The predicted molar refractivity (Wildman–Crippen MR) is 191 cm³/mol. The number of nitrogens with two attached hydrogens (primary N) is 2. The minimum Gasteiger partial charge on any atom is -0.481 e. The summed E-state index contributed by atoms with van der Waals surface area (Å²) in [6.45, 7) is 12.6. The molecule has 0 aromatic rings. The van der Waals surface area contributed by atoms with Gasteiger partial charge in [-0.2, -0.15) is 0 Å². The van der Waals surface area contributed by atoms with Gasteiger partial charge in [0.2, 0.25) is 35.4 Å². The molecule has 53 heavy (non-hydrogen) atoms. The van der Waals surface area contributed by atoms with E-state index in [2.05, 4.69) is 36.9 Å². The van der Waals surface area contributed by atoms with E-state index in [1.165, 1.54) is 6.92 Å². The predicted octanol–water partition coefficient (Wildman–Crippen LogP) is -3.51. The van der Waals surface area contributed by atoms with Crippen molar-refractivity contribution in [3.63, 3.8) is 0 Å². The Bertz CT molecular complexity index is 1280. The largest absolute Gasteiger partial charge is 0.481 e. The second-order valence-electron chi connectivity index (χ2n) is 13.2. The minimum atomic E-state index is -1.67. The number of carbonyl (C=O) groups is 8. The lowest BCUT2D eigenvalue weighted by Crippen LogP contribution is -2.62. The molecule has 0 heterocycles. The third-order valence-electron chi connectivity index (χ3n) is 7.24. The van der Waals surface area contributed by atoms with E-state index in [4.69, 9.17) is 21.4 Å². The maximum absolute atomic E-state index is 13.5. The Morgan fingerprint density at radius 2 is 0.943 bits per heavy atom. The van der Waals surface area contributed by atoms with Crippen molar-refractivity contribution in [3.8, 4) is 0 Å². The second kappa shape index (κ2) is 25.0. The van der Waals surface area contributed by atoms with Crippen molar-refractivity contribution in [2.75, 3.05) is 13.2 Å². The Morgan fingerprint density at radius 1 is 0.585 bits per heavy atom. The number of nitrogens with zero attached hydrogens (tertiary/aromatic N) is 1. The zero-order chi connectivity index (χ0) is 41.7. The van der Waals surface area contributed by atoms with Gasteiger partial charge in [0.15, 0.2) is 12.0 Å². The molecule has 0 aliphatic rings. The zero-order valence-electron chi connectivity index (χ0n) is 31.8. The number of aliphatic hydroxyl groups is 2. The van der Waals surface area contributed by atoms with Crippen LogP contribution >= 0.6 is 0 Å². The van der Waals surface area contributed by atoms with Crippen LogP contribution < -0.4 is 43.4 Å². The van der Waals surface area contributed by atoms with Gasteiger partial charge in [0.1, 0.15) is 30.2 Å². The highest BCUT2D eigenvalue weighted by Gasteiger charge is 2.36. The van der Waals surface area contributed by atoms with Gasteiger partial charge in [-0.05, 0) is 37.5 Å². The molecule has 0 spiro atoms. The Hall–Kier alpha value is -5.05. The average Bonchev–Trinajstić information content (AvgIpc) is 3.02. The normalized spacial score (nSPS) is 14.8. The van der Waals surface area contributed by atoms with Gasteiger partial charge in [-0.1, -0.05) is 41.5 Å². The summed E-state index contributed by atoms with van der Waals surface area (Å²) in [5.41, 5.74) is 10.7. The smallest absolute Gasteiger partial charge is 0.328 e. The minimum absolute atomic E-state index is 0.0364. The molecule has 0 bridgehead atoms. The number of rotatable bonds is 21. The summed E-state index contributed by atoms with van der Waals surface area (Å²) in [6.07, 6.45) is -1.30. The summed E-state index contributed by atoms with van der Waals surface area (Å²) in [6, 6.07) is -7.86. The van der Waals surface area contributed by atoms with Crippen LogP contribution in [0.15, 0.2) is 4.99 Å². The lowest BCUT2D eigenvalue weighted by Gasteiger charge is -2.30. The molecule has 14 N–H and O–H groups in total. The maximum atomic E-state index is 13.5. The van der Waals surface area contributed by atoms with E-state index in [0.717, 1.165) is 13.8 Å². The summed E-state index contributed by atoms with van der Waals surface area (Å²) in [7, 11) is 0. The quantitative estimate of drug-likeness (QED) is 0.0307. The number of hydrogen-bond acceptors (Lipinski definition) is 11. The summed E-state index contributed by atoms with van der Waals surface area (Å²) >= 11 is 0. The number of carboxylic acid groups (broad SMARTS) is 2. The van der Waals surface area contributed by atoms with Crippen LogP contribution in [-0.4, -0.2) is 129 Å². The molecule has 0 fully saturated rings. The number of hydrogen-bond donors (Lipinski definition) is 12. The summed E-state index contributed by atoms with van der Waals surface area (Å²) in [5.74, 6) is -8.59. The molecule has 0 saturated heterocycles. The second-order valence-corrected chi connectivity index (χ2v) is 13.2. The van der Waals surface area contributed by atoms with E-state index in [0.29, 0.717) is 0 Å². The third kappa shape index (κ3) is 20.5. The van der Waals surface area contributed by atoms with E-state index < -0.39 is 114 Å². The molecular formula is C32H59N9O12. The summed E-state index contributed by atoms with van der Waals surface area (Å²) in [5, 5.41) is 50.8. The fourth-order valence-corrected chi connectivity index (χ4v) is 4.46. The highest BCUT2D eigenvalue weighted by molar-refractivity contribution is 5.97. The zero-order valence-corrected chi connectivity index (χ0v) is 31.8. The van der Waals surface area contributed by atoms with E-state index in [9.17, 15) is 48.9 Å². The van der Waals surface area contributed by atoms with E-state index >= 15 is 0 Å². The maximum Gasteiger partial charge on any atom is 0.328 e. The number of carboxylic acids is 2. The fourth-order valence-electron chi connectivity index (χ4n) is 4.46. The summed E-state index contributed by atoms with van der Waals surface area (Å²) < 4.78 is 0. The van der Waals surface area contributed by atoms with Crippen LogP contribution in [0.5, 0.6) is 0 Å². The molecule has 21 nitrogen and oxygen atoms in total. The molecule has 0 radical (unpaired) electrons. The number of nitrogens with one attached hydrogen (secondary N) is 6. The Labute approximate surface area is 308 Å². The number of aliphatic carboxylic acids is 2. The van der Waals surface area contributed by atoms with Gasteiger partial charge in [0.05, 0.1) is 12.7 Å². The molecule has 0 saturated carbocycles. The standard InChI is InChI=1S/C30H55N9O10.C2H4O2/c1-13(2)20(26(45)35-18(10-9-11-33-30(31)32)24(43)39-23(16(7)41)29(48)49)37-28(47)22(15(5)6)38-27(46)21(14(3)4)36-25(44)19(12-40)34-17(8)42;1-2(3)4/h13-16,18-23,40-41H,9-12H2,1-8H3,(H,34,42)(H,35,45)(H,36,44)(H,37,47)(H,38,46)(H,39,43)(H,48,49)(H4,31,32,33);1H3,(H,3,4). The Morgan fingerprint density at radius 3 is 1.26 bits per heavy atom. The van der Waals surface area contributed by atoms with Crippen molar-refractivity contribution in [3.05, 3.63) is 0 Å². The van der Waals surface area contributed by atoms with Gasteiger partial charge in [-0.3, -0.25) is 38.6 Å². The molecule has 0 aromatic carbocycles. The number of guanidine groups is 1. The molecule has 6 amide bonds. The molecule has 0 aliphatic heterocycles. The van der Waals surface area contributed by atoms with Crippen LogP contribution in [0.1, 0.15) is 75.2 Å². The Balaban J connectivity index is 0. The monoisotopic (exact) mass is 761 g/mol. The lowest BCUT2D eigenvalue weighted by atomic mass is 9.97. The molecular weight excluding hydrogens is 702 g/mol. The molecule has 0 aliphatic carbocycles. The van der Waals surface area contributed by atoms with Crippen LogP contribution in [-0.2, 0) is 38.4 Å². The van der Waals surface area contributed by atoms with E-state index in [1.807, 2.05) is 0 Å². The molecule has 0 rings (SSSR count). The average molecular weight is 762 g/mol. The first kappa shape index (κ1) is 50.1. The van der Waals surface area contributed by atoms with Gasteiger partial charge >= 0.3 is 5.97 Å². The van der Waals surface area contributed by atoms with Crippen molar-refractivity contribution in [2.24, 2.45) is 34.2 Å². The first-order valence-corrected chi connectivity index (χ1v) is 16.9. The highest BCUT2D eigenvalue weighted by Crippen LogP contribution is 2.11. The van der Waals surface area contributed by atoms with Crippen LogP contribution in [0.4, 0.5) is 0 Å². The van der Waals surface area contributed by atoms with Gasteiger partial charge in [0, 0.05) is 20.4 Å². The van der Waals surface area contributed by atoms with E-state index in [1.54, 1.807) is 41.5 Å². The molecule has 21 heteroatoms. The van der Waals surface area contributed by atoms with Crippen LogP contribution in [0.25, 0.3) is 0 Å². The van der Waals surface area contributed by atoms with Gasteiger partial charge in [0.25, 0.3) is 5.97 Å². The molecule has 304 valence electrons. The third-order valence-corrected chi connectivity index (χ3v) is 7.24.